The molecule has 4 heterocycles. The summed E-state index contributed by atoms with van der Waals surface area (Å²) in [6.07, 6.45) is 3.93. The highest BCUT2D eigenvalue weighted by Gasteiger charge is 2.40. The van der Waals surface area contributed by atoms with Crippen LogP contribution in [-0.4, -0.2) is 65.9 Å². The van der Waals surface area contributed by atoms with Gasteiger partial charge >= 0.3 is 0 Å². The van der Waals surface area contributed by atoms with Gasteiger partial charge in [-0.2, -0.15) is 0 Å². The molecule has 2 N–H and O–H groups in total. The summed E-state index contributed by atoms with van der Waals surface area (Å²) in [5.41, 5.74) is 9.87. The number of nitrogens with one attached hydrogen (secondary N) is 2. The van der Waals surface area contributed by atoms with E-state index >= 15 is 0 Å². The fourth-order valence-corrected chi connectivity index (χ4v) is 4.49. The molecule has 0 amide bonds. The van der Waals surface area contributed by atoms with Crippen molar-refractivity contribution in [1.82, 2.24) is 20.3 Å². The Balaban J connectivity index is 1.18. The number of anilines is 2. The first-order valence-electron chi connectivity index (χ1n) is 10.9. The van der Waals surface area contributed by atoms with Gasteiger partial charge in [0, 0.05) is 43.9 Å². The van der Waals surface area contributed by atoms with Crippen molar-refractivity contribution in [2.75, 3.05) is 49.7 Å². The minimum absolute atomic E-state index is 0.0137. The molecule has 6 rings (SSSR count). The molecule has 4 aliphatic rings. The summed E-state index contributed by atoms with van der Waals surface area (Å²) < 4.78 is 11.6. The summed E-state index contributed by atoms with van der Waals surface area (Å²) in [5.74, 6) is 1.92. The molecule has 158 valence electrons. The van der Waals surface area contributed by atoms with E-state index in [-0.39, 0.29) is 11.6 Å². The Morgan fingerprint density at radius 2 is 1.97 bits per heavy atom. The SMILES string of the molecule is CC1(Oc2ccc3c(c2)[C@H](c2cc(N4CC(N5CCOCC5)C4)ncn2)NN3)CC1. The van der Waals surface area contributed by atoms with Crippen molar-refractivity contribution in [3.05, 3.63) is 41.9 Å². The number of rotatable bonds is 5. The molecule has 0 radical (unpaired) electrons. The third-order valence-corrected chi connectivity index (χ3v) is 6.72. The molecule has 30 heavy (non-hydrogen) atoms. The molecular weight excluding hydrogens is 380 g/mol. The van der Waals surface area contributed by atoms with Crippen LogP contribution in [0.5, 0.6) is 5.75 Å². The molecule has 1 atom stereocenters. The van der Waals surface area contributed by atoms with Gasteiger partial charge in [0.15, 0.2) is 0 Å². The van der Waals surface area contributed by atoms with Crippen molar-refractivity contribution in [3.8, 4) is 5.75 Å². The van der Waals surface area contributed by atoms with Gasteiger partial charge in [0.05, 0.1) is 30.6 Å². The normalized spacial score (nSPS) is 25.4. The number of fused-ring (bicyclic) bond motifs is 1. The molecule has 2 aromatic rings. The van der Waals surface area contributed by atoms with Crippen molar-refractivity contribution in [2.24, 2.45) is 0 Å². The summed E-state index contributed by atoms with van der Waals surface area (Å²) in [6, 6.07) is 8.94. The lowest BCUT2D eigenvalue weighted by molar-refractivity contribution is 0.0104. The summed E-state index contributed by atoms with van der Waals surface area (Å²) >= 11 is 0. The number of benzene rings is 1. The number of hydrogen-bond acceptors (Lipinski definition) is 8. The first kappa shape index (κ1) is 18.4. The zero-order valence-electron chi connectivity index (χ0n) is 17.3. The van der Waals surface area contributed by atoms with E-state index in [1.54, 1.807) is 6.33 Å². The monoisotopic (exact) mass is 408 g/mol. The van der Waals surface area contributed by atoms with Gasteiger partial charge in [0.2, 0.25) is 0 Å². The minimum atomic E-state index is -0.0198. The summed E-state index contributed by atoms with van der Waals surface area (Å²) in [6.45, 7) is 7.95. The largest absolute Gasteiger partial charge is 0.488 e. The average molecular weight is 409 g/mol. The first-order valence-corrected chi connectivity index (χ1v) is 10.9. The van der Waals surface area contributed by atoms with E-state index in [4.69, 9.17) is 9.47 Å². The van der Waals surface area contributed by atoms with Crippen LogP contribution in [-0.2, 0) is 4.74 Å². The Bertz CT molecular complexity index is 937. The molecule has 0 spiro atoms. The Kier molecular flexibility index (Phi) is 4.33. The van der Waals surface area contributed by atoms with E-state index in [0.717, 1.165) is 80.7 Å². The van der Waals surface area contributed by atoms with E-state index in [9.17, 15) is 0 Å². The number of hydrogen-bond donors (Lipinski definition) is 2. The molecule has 8 heteroatoms. The van der Waals surface area contributed by atoms with Gasteiger partial charge in [-0.05, 0) is 38.0 Å². The van der Waals surface area contributed by atoms with Crippen molar-refractivity contribution < 1.29 is 9.47 Å². The van der Waals surface area contributed by atoms with Gasteiger partial charge < -0.3 is 19.8 Å². The number of morpholine rings is 1. The fourth-order valence-electron chi connectivity index (χ4n) is 4.49. The smallest absolute Gasteiger partial charge is 0.132 e. The first-order chi connectivity index (χ1) is 14.7. The highest BCUT2D eigenvalue weighted by atomic mass is 16.5. The standard InChI is InChI=1S/C22H28N6O2/c1-22(4-5-22)30-16-2-3-18-17(10-16)21(26-25-18)19-11-20(24-14-23-19)28-12-15(13-28)27-6-8-29-9-7-27/h2-3,10-11,14-15,21,25-26H,4-9,12-13H2,1H3/t21-/m1/s1. The van der Waals surface area contributed by atoms with Gasteiger partial charge in [-0.15, -0.1) is 0 Å². The Morgan fingerprint density at radius 1 is 1.13 bits per heavy atom. The second-order valence-corrected chi connectivity index (χ2v) is 9.01. The predicted octanol–water partition coefficient (Wildman–Crippen LogP) is 1.95. The second-order valence-electron chi connectivity index (χ2n) is 9.01. The summed E-state index contributed by atoms with van der Waals surface area (Å²) in [5, 5.41) is 0. The zero-order valence-corrected chi connectivity index (χ0v) is 17.3. The zero-order chi connectivity index (χ0) is 20.1. The molecule has 3 aliphatic heterocycles. The van der Waals surface area contributed by atoms with Crippen molar-refractivity contribution in [1.29, 1.82) is 0 Å². The molecule has 3 fully saturated rings. The lowest BCUT2D eigenvalue weighted by Gasteiger charge is -2.47. The molecular formula is C22H28N6O2. The van der Waals surface area contributed by atoms with Crippen molar-refractivity contribution in [2.45, 2.75) is 37.5 Å². The Labute approximate surface area is 176 Å². The van der Waals surface area contributed by atoms with Crippen LogP contribution in [0.4, 0.5) is 11.5 Å². The van der Waals surface area contributed by atoms with E-state index < -0.39 is 0 Å². The van der Waals surface area contributed by atoms with Crippen LogP contribution >= 0.6 is 0 Å². The molecule has 1 aliphatic carbocycles. The quantitative estimate of drug-likeness (QED) is 0.778. The third kappa shape index (κ3) is 3.38. The molecule has 0 bridgehead atoms. The molecule has 8 nitrogen and oxygen atoms in total. The van der Waals surface area contributed by atoms with E-state index in [1.165, 1.54) is 0 Å². The van der Waals surface area contributed by atoms with Crippen LogP contribution in [0.15, 0.2) is 30.6 Å². The Hall–Kier alpha value is -2.42. The summed E-state index contributed by atoms with van der Waals surface area (Å²) in [7, 11) is 0. The third-order valence-electron chi connectivity index (χ3n) is 6.72. The minimum Gasteiger partial charge on any atom is -0.488 e. The maximum atomic E-state index is 6.17. The lowest BCUT2D eigenvalue weighted by atomic mass is 10.0. The Morgan fingerprint density at radius 3 is 2.77 bits per heavy atom. The number of nitrogens with zero attached hydrogens (tertiary/aromatic N) is 4. The van der Waals surface area contributed by atoms with Crippen LogP contribution < -0.4 is 20.5 Å². The number of hydrazine groups is 1. The van der Waals surface area contributed by atoms with Crippen molar-refractivity contribution in [3.63, 3.8) is 0 Å². The average Bonchev–Trinajstić information content (AvgIpc) is 3.31. The number of aromatic nitrogens is 2. The molecule has 2 saturated heterocycles. The molecule has 0 unspecified atom stereocenters. The maximum absolute atomic E-state index is 6.17. The van der Waals surface area contributed by atoms with Crippen LogP contribution in [0.2, 0.25) is 0 Å². The van der Waals surface area contributed by atoms with Gasteiger partial charge in [-0.1, -0.05) is 0 Å². The maximum Gasteiger partial charge on any atom is 0.132 e. The van der Waals surface area contributed by atoms with Gasteiger partial charge in [-0.3, -0.25) is 4.90 Å². The van der Waals surface area contributed by atoms with E-state index in [0.29, 0.717) is 6.04 Å². The van der Waals surface area contributed by atoms with Crippen LogP contribution in [0.1, 0.15) is 37.1 Å². The number of ether oxygens (including phenoxy) is 2. The van der Waals surface area contributed by atoms with E-state index in [1.807, 2.05) is 6.07 Å². The highest BCUT2D eigenvalue weighted by Crippen LogP contribution is 2.42. The van der Waals surface area contributed by atoms with Gasteiger partial charge in [0.25, 0.3) is 0 Å². The van der Waals surface area contributed by atoms with Crippen LogP contribution in [0.25, 0.3) is 0 Å². The summed E-state index contributed by atoms with van der Waals surface area (Å²) in [4.78, 5) is 14.0. The lowest BCUT2D eigenvalue weighted by Crippen LogP contribution is -2.61. The fraction of sp³-hybridized carbons (Fsp3) is 0.545. The van der Waals surface area contributed by atoms with Gasteiger partial charge in [0.1, 0.15) is 23.5 Å². The topological polar surface area (TPSA) is 74.8 Å². The van der Waals surface area contributed by atoms with Crippen LogP contribution in [0.3, 0.4) is 0 Å². The molecule has 1 aromatic carbocycles. The predicted molar refractivity (Wildman–Crippen MR) is 114 cm³/mol. The van der Waals surface area contributed by atoms with E-state index in [2.05, 4.69) is 55.7 Å². The van der Waals surface area contributed by atoms with Crippen molar-refractivity contribution >= 4 is 11.5 Å². The van der Waals surface area contributed by atoms with Gasteiger partial charge in [-0.25, -0.2) is 15.4 Å². The van der Waals surface area contributed by atoms with Crippen LogP contribution in [0, 0.1) is 0 Å². The second kappa shape index (κ2) is 7.08. The highest BCUT2D eigenvalue weighted by molar-refractivity contribution is 5.61. The molecule has 1 saturated carbocycles. The molecule has 1 aromatic heterocycles.